The molecular formula is C13H28N2O. The number of unbranched alkanes of at least 4 members (excludes halogenated alkanes) is 4. The van der Waals surface area contributed by atoms with Crippen LogP contribution in [0.3, 0.4) is 0 Å². The summed E-state index contributed by atoms with van der Waals surface area (Å²) >= 11 is 0. The van der Waals surface area contributed by atoms with Crippen LogP contribution in [0.5, 0.6) is 0 Å². The van der Waals surface area contributed by atoms with E-state index in [1.807, 2.05) is 0 Å². The summed E-state index contributed by atoms with van der Waals surface area (Å²) in [7, 11) is 0. The summed E-state index contributed by atoms with van der Waals surface area (Å²) in [5, 5.41) is 6.19. The second kappa shape index (κ2) is 12.5. The molecule has 0 aliphatic rings. The zero-order chi connectivity index (χ0) is 12.1. The largest absolute Gasteiger partial charge is 0.355 e. The van der Waals surface area contributed by atoms with Crippen LogP contribution in [0.25, 0.3) is 0 Å². The second-order valence-electron chi connectivity index (χ2n) is 4.26. The smallest absolute Gasteiger partial charge is 0.220 e. The highest BCUT2D eigenvalue weighted by molar-refractivity contribution is 5.75. The normalized spacial score (nSPS) is 10.4. The van der Waals surface area contributed by atoms with E-state index >= 15 is 0 Å². The van der Waals surface area contributed by atoms with Gasteiger partial charge in [0.2, 0.25) is 5.91 Å². The summed E-state index contributed by atoms with van der Waals surface area (Å²) in [5.74, 6) is 0.204. The molecule has 0 saturated carbocycles. The van der Waals surface area contributed by atoms with Gasteiger partial charge in [0.05, 0.1) is 0 Å². The molecular weight excluding hydrogens is 200 g/mol. The fraction of sp³-hybridized carbons (Fsp3) is 0.923. The lowest BCUT2D eigenvalue weighted by molar-refractivity contribution is -0.121. The molecule has 0 fully saturated rings. The van der Waals surface area contributed by atoms with Crippen molar-refractivity contribution in [2.24, 2.45) is 0 Å². The molecule has 0 radical (unpaired) electrons. The Morgan fingerprint density at radius 3 is 2.31 bits per heavy atom. The van der Waals surface area contributed by atoms with Crippen LogP contribution in [-0.2, 0) is 4.79 Å². The monoisotopic (exact) mass is 228 g/mol. The summed E-state index contributed by atoms with van der Waals surface area (Å²) in [6, 6.07) is 0. The summed E-state index contributed by atoms with van der Waals surface area (Å²) in [6.07, 6.45) is 7.88. The van der Waals surface area contributed by atoms with Crippen molar-refractivity contribution in [3.8, 4) is 0 Å². The molecule has 0 saturated heterocycles. The molecule has 0 aromatic heterocycles. The van der Waals surface area contributed by atoms with Gasteiger partial charge in [-0.05, 0) is 19.4 Å². The maximum atomic E-state index is 11.4. The molecule has 16 heavy (non-hydrogen) atoms. The standard InChI is InChI=1S/C13H28N2O/c1-3-5-6-7-8-9-13(16)15-12-11-14-10-4-2/h14H,3-12H2,1-2H3,(H,15,16). The van der Waals surface area contributed by atoms with E-state index in [-0.39, 0.29) is 5.91 Å². The van der Waals surface area contributed by atoms with Crippen molar-refractivity contribution >= 4 is 5.91 Å². The topological polar surface area (TPSA) is 41.1 Å². The molecule has 0 aromatic carbocycles. The van der Waals surface area contributed by atoms with E-state index in [4.69, 9.17) is 0 Å². The molecule has 0 bridgehead atoms. The van der Waals surface area contributed by atoms with E-state index in [2.05, 4.69) is 24.5 Å². The van der Waals surface area contributed by atoms with Crippen LogP contribution in [0.2, 0.25) is 0 Å². The first kappa shape index (κ1) is 15.4. The van der Waals surface area contributed by atoms with Gasteiger partial charge in [0.1, 0.15) is 0 Å². The minimum atomic E-state index is 0.204. The van der Waals surface area contributed by atoms with Gasteiger partial charge in [-0.1, -0.05) is 39.5 Å². The van der Waals surface area contributed by atoms with Crippen molar-refractivity contribution in [3.63, 3.8) is 0 Å². The van der Waals surface area contributed by atoms with E-state index in [1.165, 1.54) is 25.7 Å². The molecule has 0 unspecified atom stereocenters. The molecule has 0 rings (SSSR count). The van der Waals surface area contributed by atoms with Crippen LogP contribution >= 0.6 is 0 Å². The molecule has 0 spiro atoms. The average molecular weight is 228 g/mol. The minimum absolute atomic E-state index is 0.204. The minimum Gasteiger partial charge on any atom is -0.355 e. The molecule has 0 aliphatic carbocycles. The maximum Gasteiger partial charge on any atom is 0.220 e. The predicted molar refractivity (Wildman–Crippen MR) is 69.5 cm³/mol. The van der Waals surface area contributed by atoms with Crippen LogP contribution < -0.4 is 10.6 Å². The molecule has 0 heterocycles. The van der Waals surface area contributed by atoms with E-state index in [0.717, 1.165) is 32.5 Å². The predicted octanol–water partition coefficient (Wildman–Crippen LogP) is 2.46. The highest BCUT2D eigenvalue weighted by atomic mass is 16.1. The molecule has 96 valence electrons. The number of hydrogen-bond donors (Lipinski definition) is 2. The SMILES string of the molecule is CCCCCCCC(=O)NCCNCCC. The van der Waals surface area contributed by atoms with Gasteiger partial charge < -0.3 is 10.6 Å². The highest BCUT2D eigenvalue weighted by Gasteiger charge is 1.99. The van der Waals surface area contributed by atoms with Crippen LogP contribution in [0.15, 0.2) is 0 Å². The Labute approximate surface area is 100 Å². The van der Waals surface area contributed by atoms with E-state index in [0.29, 0.717) is 6.42 Å². The molecule has 3 nitrogen and oxygen atoms in total. The fourth-order valence-corrected chi connectivity index (χ4v) is 1.57. The third-order valence-electron chi connectivity index (χ3n) is 2.56. The number of carbonyl (C=O) groups is 1. The molecule has 0 aliphatic heterocycles. The Hall–Kier alpha value is -0.570. The Bertz CT molecular complexity index is 144. The van der Waals surface area contributed by atoms with Gasteiger partial charge in [0.25, 0.3) is 0 Å². The Kier molecular flexibility index (Phi) is 12.1. The molecule has 2 N–H and O–H groups in total. The van der Waals surface area contributed by atoms with Crippen molar-refractivity contribution in [1.29, 1.82) is 0 Å². The molecule has 0 atom stereocenters. The van der Waals surface area contributed by atoms with Crippen LogP contribution in [-0.4, -0.2) is 25.5 Å². The number of rotatable bonds is 11. The second-order valence-corrected chi connectivity index (χ2v) is 4.26. The van der Waals surface area contributed by atoms with Crippen molar-refractivity contribution in [2.45, 2.75) is 58.8 Å². The summed E-state index contributed by atoms with van der Waals surface area (Å²) in [5.41, 5.74) is 0. The van der Waals surface area contributed by atoms with Crippen molar-refractivity contribution in [2.75, 3.05) is 19.6 Å². The van der Waals surface area contributed by atoms with Crippen LogP contribution in [0.1, 0.15) is 58.8 Å². The lowest BCUT2D eigenvalue weighted by atomic mass is 10.1. The number of amides is 1. The quantitative estimate of drug-likeness (QED) is 0.533. The van der Waals surface area contributed by atoms with Gasteiger partial charge in [-0.25, -0.2) is 0 Å². The Balaban J connectivity index is 3.12. The third-order valence-corrected chi connectivity index (χ3v) is 2.56. The summed E-state index contributed by atoms with van der Waals surface area (Å²) < 4.78 is 0. The maximum absolute atomic E-state index is 11.4. The number of hydrogen-bond acceptors (Lipinski definition) is 2. The van der Waals surface area contributed by atoms with E-state index < -0.39 is 0 Å². The summed E-state index contributed by atoms with van der Waals surface area (Å²) in [4.78, 5) is 11.4. The van der Waals surface area contributed by atoms with Crippen LogP contribution in [0, 0.1) is 0 Å². The molecule has 1 amide bonds. The van der Waals surface area contributed by atoms with E-state index in [9.17, 15) is 4.79 Å². The van der Waals surface area contributed by atoms with E-state index in [1.54, 1.807) is 0 Å². The van der Waals surface area contributed by atoms with Crippen molar-refractivity contribution in [3.05, 3.63) is 0 Å². The molecule has 3 heteroatoms. The van der Waals surface area contributed by atoms with Gasteiger partial charge in [-0.2, -0.15) is 0 Å². The van der Waals surface area contributed by atoms with Gasteiger partial charge in [0.15, 0.2) is 0 Å². The Morgan fingerprint density at radius 1 is 0.875 bits per heavy atom. The van der Waals surface area contributed by atoms with Crippen LogP contribution in [0.4, 0.5) is 0 Å². The fourth-order valence-electron chi connectivity index (χ4n) is 1.57. The first-order chi connectivity index (χ1) is 7.81. The first-order valence-corrected chi connectivity index (χ1v) is 6.78. The lowest BCUT2D eigenvalue weighted by Crippen LogP contribution is -2.31. The zero-order valence-electron chi connectivity index (χ0n) is 11.0. The summed E-state index contributed by atoms with van der Waals surface area (Å²) in [6.45, 7) is 7.02. The Morgan fingerprint density at radius 2 is 1.62 bits per heavy atom. The third kappa shape index (κ3) is 11.5. The van der Waals surface area contributed by atoms with Crippen molar-refractivity contribution < 1.29 is 4.79 Å². The van der Waals surface area contributed by atoms with Gasteiger partial charge in [-0.3, -0.25) is 4.79 Å². The lowest BCUT2D eigenvalue weighted by Gasteiger charge is -2.05. The zero-order valence-corrected chi connectivity index (χ0v) is 11.0. The van der Waals surface area contributed by atoms with Gasteiger partial charge >= 0.3 is 0 Å². The van der Waals surface area contributed by atoms with Gasteiger partial charge in [-0.15, -0.1) is 0 Å². The van der Waals surface area contributed by atoms with Gasteiger partial charge in [0, 0.05) is 19.5 Å². The first-order valence-electron chi connectivity index (χ1n) is 6.78. The highest BCUT2D eigenvalue weighted by Crippen LogP contribution is 2.04. The molecule has 0 aromatic rings. The number of nitrogens with one attached hydrogen (secondary N) is 2. The van der Waals surface area contributed by atoms with Crippen molar-refractivity contribution in [1.82, 2.24) is 10.6 Å². The average Bonchev–Trinajstić information content (AvgIpc) is 2.28. The number of carbonyl (C=O) groups excluding carboxylic acids is 1.